The number of aromatic nitrogens is 3. The van der Waals surface area contributed by atoms with Gasteiger partial charge in [-0.2, -0.15) is 5.10 Å². The van der Waals surface area contributed by atoms with E-state index in [2.05, 4.69) is 40.1 Å². The lowest BCUT2D eigenvalue weighted by Crippen LogP contribution is -2.31. The van der Waals surface area contributed by atoms with Gasteiger partial charge in [0.15, 0.2) is 11.6 Å². The molecule has 7 heteroatoms. The summed E-state index contributed by atoms with van der Waals surface area (Å²) in [5, 5.41) is 15.2. The number of hydrogen-bond donors (Lipinski definition) is 2. The third kappa shape index (κ3) is 6.21. The maximum absolute atomic E-state index is 10.6. The van der Waals surface area contributed by atoms with Gasteiger partial charge in [-0.1, -0.05) is 37.7 Å². The molecule has 0 amide bonds. The zero-order valence-electron chi connectivity index (χ0n) is 23.4. The summed E-state index contributed by atoms with van der Waals surface area (Å²) in [5.74, 6) is 6.44. The molecule has 1 aromatic carbocycles. The molecule has 1 unspecified atom stereocenters. The van der Waals surface area contributed by atoms with Crippen LogP contribution in [-0.4, -0.2) is 50.5 Å². The number of aliphatic hydroxyl groups is 1. The molecule has 3 N–H and O–H groups in total. The van der Waals surface area contributed by atoms with Crippen LogP contribution >= 0.6 is 0 Å². The van der Waals surface area contributed by atoms with Gasteiger partial charge in [-0.05, 0) is 69.6 Å². The van der Waals surface area contributed by atoms with Gasteiger partial charge in [0.2, 0.25) is 0 Å². The number of pyridine rings is 1. The van der Waals surface area contributed by atoms with Crippen molar-refractivity contribution in [3.05, 3.63) is 60.0 Å². The van der Waals surface area contributed by atoms with Gasteiger partial charge in [0, 0.05) is 33.2 Å². The Kier molecular flexibility index (Phi) is 6.56. The van der Waals surface area contributed by atoms with Crippen molar-refractivity contribution in [1.29, 1.82) is 0 Å². The van der Waals surface area contributed by atoms with E-state index in [1.54, 1.807) is 19.2 Å². The average Bonchev–Trinajstić information content (AvgIpc) is 3.37. The van der Waals surface area contributed by atoms with E-state index in [9.17, 15) is 5.11 Å². The van der Waals surface area contributed by atoms with Crippen LogP contribution in [0.5, 0.6) is 5.75 Å². The fraction of sp³-hybridized carbons (Fsp3) is 0.429. The highest BCUT2D eigenvalue weighted by atomic mass is 16.5. The molecular weight excluding hydrogens is 438 g/mol. The molecule has 1 aliphatic heterocycles. The van der Waals surface area contributed by atoms with E-state index < -0.39 is 12.5 Å². The molecule has 2 aromatic heterocycles. The van der Waals surface area contributed by atoms with Crippen LogP contribution in [0, 0.1) is 11.8 Å². The standard InChI is InChI=1S/C28H35N5O2/c1-4-28(34,5-2)12-9-21-7-6-8-22(15-21)20-35-26-16-23(17-30-27(26)29)24-18-31-33(19-24)25-10-13-32(3)14-11-25/h6-8,15-19,25,34H,4-5,10-11,13-14,20H2,1-3H3,(H2,29,30)/i1D3. The van der Waals surface area contributed by atoms with Crippen LogP contribution < -0.4 is 10.5 Å². The fourth-order valence-electron chi connectivity index (χ4n) is 4.02. The Morgan fingerprint density at radius 1 is 1.23 bits per heavy atom. The minimum atomic E-state index is -2.26. The van der Waals surface area contributed by atoms with E-state index >= 15 is 0 Å². The first-order valence-corrected chi connectivity index (χ1v) is 12.0. The molecular formula is C28H35N5O2. The first-order chi connectivity index (χ1) is 18.0. The predicted octanol–water partition coefficient (Wildman–Crippen LogP) is 4.28. The van der Waals surface area contributed by atoms with Gasteiger partial charge < -0.3 is 20.5 Å². The molecule has 3 aromatic rings. The van der Waals surface area contributed by atoms with Gasteiger partial charge in [0.05, 0.1) is 12.2 Å². The third-order valence-electron chi connectivity index (χ3n) is 6.52. The van der Waals surface area contributed by atoms with Gasteiger partial charge in [0.25, 0.3) is 0 Å². The largest absolute Gasteiger partial charge is 0.485 e. The van der Waals surface area contributed by atoms with Crippen LogP contribution in [0.2, 0.25) is 0 Å². The number of nitrogens with zero attached hydrogens (tertiary/aromatic N) is 4. The van der Waals surface area contributed by atoms with Crippen molar-refractivity contribution in [1.82, 2.24) is 19.7 Å². The summed E-state index contributed by atoms with van der Waals surface area (Å²) in [6, 6.07) is 9.66. The number of nitrogen functional groups attached to an aromatic ring is 1. The van der Waals surface area contributed by atoms with Crippen LogP contribution in [0.25, 0.3) is 11.1 Å². The molecule has 1 atom stereocenters. The lowest BCUT2D eigenvalue weighted by atomic mass is 9.98. The van der Waals surface area contributed by atoms with E-state index in [0.717, 1.165) is 42.6 Å². The van der Waals surface area contributed by atoms with Gasteiger partial charge in [-0.25, -0.2) is 4.98 Å². The quantitative estimate of drug-likeness (QED) is 0.495. The Morgan fingerprint density at radius 2 is 2.06 bits per heavy atom. The van der Waals surface area contributed by atoms with Crippen LogP contribution in [-0.2, 0) is 6.61 Å². The molecule has 184 valence electrons. The monoisotopic (exact) mass is 476 g/mol. The third-order valence-corrected chi connectivity index (χ3v) is 6.52. The highest BCUT2D eigenvalue weighted by Crippen LogP contribution is 2.29. The van der Waals surface area contributed by atoms with E-state index in [1.165, 1.54) is 0 Å². The van der Waals surface area contributed by atoms with Gasteiger partial charge in [0.1, 0.15) is 12.2 Å². The van der Waals surface area contributed by atoms with Crippen molar-refractivity contribution in [2.75, 3.05) is 25.9 Å². The van der Waals surface area contributed by atoms with Gasteiger partial charge in [-0.15, -0.1) is 0 Å². The van der Waals surface area contributed by atoms with Crippen LogP contribution in [0.4, 0.5) is 5.82 Å². The lowest BCUT2D eigenvalue weighted by Gasteiger charge is -2.28. The summed E-state index contributed by atoms with van der Waals surface area (Å²) >= 11 is 0. The molecule has 1 fully saturated rings. The maximum Gasteiger partial charge on any atom is 0.166 e. The second-order valence-electron chi connectivity index (χ2n) is 9.15. The summed E-state index contributed by atoms with van der Waals surface area (Å²) in [6.45, 7) is 1.83. The Hall–Kier alpha value is -3.34. The lowest BCUT2D eigenvalue weighted by molar-refractivity contribution is 0.0931. The Labute approximate surface area is 212 Å². The van der Waals surface area contributed by atoms with Crippen LogP contribution in [0.1, 0.15) is 60.7 Å². The van der Waals surface area contributed by atoms with E-state index in [0.29, 0.717) is 23.2 Å². The highest BCUT2D eigenvalue weighted by molar-refractivity contribution is 5.65. The highest BCUT2D eigenvalue weighted by Gasteiger charge is 2.20. The van der Waals surface area contributed by atoms with E-state index in [4.69, 9.17) is 14.6 Å². The number of piperidine rings is 1. The van der Waals surface area contributed by atoms with Crippen molar-refractivity contribution < 1.29 is 14.0 Å². The molecule has 0 saturated carbocycles. The molecule has 3 heterocycles. The van der Waals surface area contributed by atoms with Crippen molar-refractivity contribution in [2.45, 2.75) is 57.7 Å². The van der Waals surface area contributed by atoms with Gasteiger partial charge in [-0.3, -0.25) is 4.68 Å². The molecule has 0 radical (unpaired) electrons. The Balaban J connectivity index is 1.44. The number of likely N-dealkylation sites (tertiary alicyclic amines) is 1. The molecule has 1 saturated heterocycles. The topological polar surface area (TPSA) is 89.4 Å². The van der Waals surface area contributed by atoms with E-state index in [1.807, 2.05) is 35.1 Å². The second kappa shape index (κ2) is 10.9. The minimum Gasteiger partial charge on any atom is -0.485 e. The molecule has 0 bridgehead atoms. The number of hydrogen-bond acceptors (Lipinski definition) is 6. The SMILES string of the molecule is [2H]C([2H])([2H])CC(O)(C#Cc1cccc(COc2cc(-c3cnn(C4CCN(C)CC4)c3)cnc2N)c1)CC. The number of anilines is 1. The van der Waals surface area contributed by atoms with Gasteiger partial charge >= 0.3 is 0 Å². The number of rotatable bonds is 7. The zero-order valence-corrected chi connectivity index (χ0v) is 20.4. The summed E-state index contributed by atoms with van der Waals surface area (Å²) < 4.78 is 30.4. The summed E-state index contributed by atoms with van der Waals surface area (Å²) in [4.78, 5) is 6.66. The van der Waals surface area contributed by atoms with E-state index in [-0.39, 0.29) is 19.4 Å². The first kappa shape index (κ1) is 21.0. The molecule has 4 rings (SSSR count). The van der Waals surface area contributed by atoms with Crippen molar-refractivity contribution in [3.8, 4) is 28.7 Å². The fourth-order valence-corrected chi connectivity index (χ4v) is 4.02. The van der Waals surface area contributed by atoms with Crippen molar-refractivity contribution >= 4 is 5.82 Å². The summed E-state index contributed by atoms with van der Waals surface area (Å²) in [7, 11) is 2.14. The first-order valence-electron chi connectivity index (χ1n) is 13.5. The van der Waals surface area contributed by atoms with Crippen molar-refractivity contribution in [3.63, 3.8) is 0 Å². The summed E-state index contributed by atoms with van der Waals surface area (Å²) in [6.07, 6.45) is 7.62. The number of nitrogens with two attached hydrogens (primary N) is 1. The van der Waals surface area contributed by atoms with Crippen LogP contribution in [0.15, 0.2) is 48.9 Å². The smallest absolute Gasteiger partial charge is 0.166 e. The van der Waals surface area contributed by atoms with Crippen molar-refractivity contribution in [2.24, 2.45) is 0 Å². The minimum absolute atomic E-state index is 0.223. The summed E-state index contributed by atoms with van der Waals surface area (Å²) in [5.41, 5.74) is 7.88. The number of ether oxygens (including phenoxy) is 1. The Morgan fingerprint density at radius 3 is 2.83 bits per heavy atom. The predicted molar refractivity (Wildman–Crippen MR) is 139 cm³/mol. The zero-order chi connectivity index (χ0) is 27.3. The molecule has 0 spiro atoms. The maximum atomic E-state index is 10.6. The molecule has 7 nitrogen and oxygen atoms in total. The van der Waals surface area contributed by atoms with Crippen LogP contribution in [0.3, 0.4) is 0 Å². The molecule has 35 heavy (non-hydrogen) atoms. The normalized spacial score (nSPS) is 18.0. The molecule has 0 aliphatic carbocycles. The number of benzene rings is 1. The second-order valence-corrected chi connectivity index (χ2v) is 9.15. The molecule has 1 aliphatic rings. The Bertz CT molecular complexity index is 1310. The average molecular weight is 477 g/mol.